The maximum absolute atomic E-state index is 14.1. The van der Waals surface area contributed by atoms with Crippen LogP contribution in [-0.4, -0.2) is 14.2 Å². The molecule has 0 saturated carbocycles. The molecule has 3 aromatic rings. The Morgan fingerprint density at radius 3 is 2.26 bits per heavy atom. The molecule has 1 aliphatic rings. The first-order valence-electron chi connectivity index (χ1n) is 9.84. The highest BCUT2D eigenvalue weighted by Crippen LogP contribution is 2.41. The van der Waals surface area contributed by atoms with E-state index in [9.17, 15) is 17.6 Å². The third kappa shape index (κ3) is 3.57. The van der Waals surface area contributed by atoms with Crippen LogP contribution in [0.1, 0.15) is 32.6 Å². The van der Waals surface area contributed by atoms with Crippen LogP contribution in [0.25, 0.3) is 0 Å². The van der Waals surface area contributed by atoms with Gasteiger partial charge in [-0.3, -0.25) is 4.79 Å². The van der Waals surface area contributed by atoms with Gasteiger partial charge in [0.2, 0.25) is 15.6 Å². The van der Waals surface area contributed by atoms with Gasteiger partial charge >= 0.3 is 0 Å². The van der Waals surface area contributed by atoms with Crippen molar-refractivity contribution in [3.63, 3.8) is 0 Å². The lowest BCUT2D eigenvalue weighted by molar-refractivity contribution is 0.104. The van der Waals surface area contributed by atoms with Gasteiger partial charge in [0.05, 0.1) is 10.6 Å². The van der Waals surface area contributed by atoms with E-state index < -0.39 is 21.4 Å². The van der Waals surface area contributed by atoms with Gasteiger partial charge in [0.25, 0.3) is 0 Å². The fourth-order valence-electron chi connectivity index (χ4n) is 3.75. The van der Waals surface area contributed by atoms with Crippen molar-refractivity contribution in [1.82, 2.24) is 0 Å². The van der Waals surface area contributed by atoms with Gasteiger partial charge < -0.3 is 4.90 Å². The standard InChI is InChI=1S/C25H22FNO3S/c1-15-5-9-21(18(4)11-15)25(28)24-14-27(20-8-6-16(2)17(3)12-20)22-13-19(26)7-10-23(22)31(24,29)30/h5-14H,1-4H3. The molecule has 3 aromatic carbocycles. The Balaban J connectivity index is 1.96. The number of aryl methyl sites for hydroxylation is 4. The fraction of sp³-hybridized carbons (Fsp3) is 0.160. The molecule has 0 radical (unpaired) electrons. The molecule has 6 heteroatoms. The predicted molar refractivity (Wildman–Crippen MR) is 120 cm³/mol. The summed E-state index contributed by atoms with van der Waals surface area (Å²) in [4.78, 5) is 14.5. The summed E-state index contributed by atoms with van der Waals surface area (Å²) in [6, 6.07) is 14.4. The molecular formula is C25H22FNO3S. The van der Waals surface area contributed by atoms with Gasteiger partial charge in [0, 0.05) is 17.5 Å². The molecule has 31 heavy (non-hydrogen) atoms. The number of halogens is 1. The summed E-state index contributed by atoms with van der Waals surface area (Å²) in [6.45, 7) is 7.60. The SMILES string of the molecule is Cc1ccc(C(=O)C2=CN(c3ccc(C)c(C)c3)c3cc(F)ccc3S2(=O)=O)c(C)c1. The monoisotopic (exact) mass is 435 g/mol. The molecular weight excluding hydrogens is 413 g/mol. The van der Waals surface area contributed by atoms with Crippen LogP contribution in [0.3, 0.4) is 0 Å². The van der Waals surface area contributed by atoms with Crippen LogP contribution in [-0.2, 0) is 9.84 Å². The van der Waals surface area contributed by atoms with Crippen LogP contribution < -0.4 is 4.90 Å². The van der Waals surface area contributed by atoms with Gasteiger partial charge in [-0.1, -0.05) is 29.8 Å². The zero-order chi connectivity index (χ0) is 22.5. The molecule has 0 amide bonds. The van der Waals surface area contributed by atoms with Crippen LogP contribution in [0.2, 0.25) is 0 Å². The Morgan fingerprint density at radius 2 is 1.58 bits per heavy atom. The third-order valence-corrected chi connectivity index (χ3v) is 7.42. The Kier molecular flexibility index (Phi) is 5.06. The van der Waals surface area contributed by atoms with Gasteiger partial charge in [-0.15, -0.1) is 0 Å². The second kappa shape index (κ2) is 7.46. The minimum absolute atomic E-state index is 0.0947. The number of carbonyl (C=O) groups is 1. The summed E-state index contributed by atoms with van der Waals surface area (Å²) in [7, 11) is -4.13. The van der Waals surface area contributed by atoms with E-state index in [-0.39, 0.29) is 15.5 Å². The first-order chi connectivity index (χ1) is 14.6. The third-order valence-electron chi connectivity index (χ3n) is 5.62. The molecule has 0 atom stereocenters. The average Bonchev–Trinajstić information content (AvgIpc) is 2.69. The van der Waals surface area contributed by atoms with Gasteiger partial charge in [-0.05, 0) is 74.7 Å². The van der Waals surface area contributed by atoms with Crippen molar-refractivity contribution in [2.45, 2.75) is 32.6 Å². The lowest BCUT2D eigenvalue weighted by atomic mass is 10.0. The molecule has 0 unspecified atom stereocenters. The van der Waals surface area contributed by atoms with Crippen LogP contribution in [0, 0.1) is 33.5 Å². The Morgan fingerprint density at radius 1 is 0.839 bits per heavy atom. The molecule has 0 N–H and O–H groups in total. The molecule has 0 aromatic heterocycles. The highest BCUT2D eigenvalue weighted by atomic mass is 32.2. The number of carbonyl (C=O) groups excluding carboxylic acids is 1. The number of allylic oxidation sites excluding steroid dienone is 1. The summed E-state index contributed by atoms with van der Waals surface area (Å²) in [5.41, 5.74) is 4.90. The lowest BCUT2D eigenvalue weighted by Crippen LogP contribution is -2.26. The Labute approximate surface area is 181 Å². The first kappa shape index (κ1) is 21.0. The van der Waals surface area contributed by atoms with Crippen molar-refractivity contribution in [2.24, 2.45) is 0 Å². The summed E-state index contributed by atoms with van der Waals surface area (Å²) in [5.74, 6) is -1.14. The molecule has 0 bridgehead atoms. The number of ketones is 1. The molecule has 0 spiro atoms. The van der Waals surface area contributed by atoms with Crippen molar-refractivity contribution in [3.8, 4) is 0 Å². The molecule has 4 nitrogen and oxygen atoms in total. The van der Waals surface area contributed by atoms with Gasteiger partial charge in [-0.2, -0.15) is 0 Å². The minimum atomic E-state index is -4.13. The van der Waals surface area contributed by atoms with E-state index >= 15 is 0 Å². The van der Waals surface area contributed by atoms with E-state index in [1.807, 2.05) is 45.0 Å². The number of benzene rings is 3. The van der Waals surface area contributed by atoms with Crippen LogP contribution >= 0.6 is 0 Å². The quantitative estimate of drug-likeness (QED) is 0.391. The molecule has 1 heterocycles. The van der Waals surface area contributed by atoms with Gasteiger partial charge in [0.1, 0.15) is 10.7 Å². The normalized spacial score (nSPS) is 14.7. The molecule has 1 aliphatic heterocycles. The second-order valence-corrected chi connectivity index (χ2v) is 9.78. The predicted octanol–water partition coefficient (Wildman–Crippen LogP) is 5.71. The van der Waals surface area contributed by atoms with Crippen molar-refractivity contribution < 1.29 is 17.6 Å². The van der Waals surface area contributed by atoms with E-state index in [4.69, 9.17) is 0 Å². The maximum Gasteiger partial charge on any atom is 0.214 e. The number of rotatable bonds is 3. The second-order valence-electron chi connectivity index (χ2n) is 7.89. The van der Waals surface area contributed by atoms with Gasteiger partial charge in [-0.25, -0.2) is 12.8 Å². The van der Waals surface area contributed by atoms with Crippen LogP contribution in [0.15, 0.2) is 70.6 Å². The van der Waals surface area contributed by atoms with E-state index in [1.165, 1.54) is 18.3 Å². The van der Waals surface area contributed by atoms with E-state index in [0.29, 0.717) is 16.8 Å². The van der Waals surface area contributed by atoms with Crippen LogP contribution in [0.5, 0.6) is 0 Å². The first-order valence-corrected chi connectivity index (χ1v) is 11.3. The zero-order valence-corrected chi connectivity index (χ0v) is 18.5. The molecule has 4 rings (SSSR count). The van der Waals surface area contributed by atoms with Crippen molar-refractivity contribution in [1.29, 1.82) is 0 Å². The minimum Gasteiger partial charge on any atom is -0.314 e. The van der Waals surface area contributed by atoms with E-state index in [0.717, 1.165) is 22.8 Å². The van der Waals surface area contributed by atoms with Gasteiger partial charge in [0.15, 0.2) is 0 Å². The largest absolute Gasteiger partial charge is 0.314 e. The molecule has 0 aliphatic carbocycles. The Bertz CT molecular complexity index is 1370. The smallest absolute Gasteiger partial charge is 0.214 e. The summed E-state index contributed by atoms with van der Waals surface area (Å²) < 4.78 is 40.8. The summed E-state index contributed by atoms with van der Waals surface area (Å²) >= 11 is 0. The number of anilines is 2. The number of hydrogen-bond acceptors (Lipinski definition) is 4. The summed E-state index contributed by atoms with van der Waals surface area (Å²) in [6.07, 6.45) is 1.31. The van der Waals surface area contributed by atoms with Crippen molar-refractivity contribution >= 4 is 27.0 Å². The number of Topliss-reactive ketones (excluding diaryl/α,β-unsaturated/α-hetero) is 1. The molecule has 0 saturated heterocycles. The Hall–Kier alpha value is -3.25. The molecule has 0 fully saturated rings. The number of fused-ring (bicyclic) bond motifs is 1. The van der Waals surface area contributed by atoms with E-state index in [2.05, 4.69) is 0 Å². The number of hydrogen-bond donors (Lipinski definition) is 0. The number of nitrogens with zero attached hydrogens (tertiary/aromatic N) is 1. The fourth-order valence-corrected chi connectivity index (χ4v) is 5.27. The van der Waals surface area contributed by atoms with Crippen molar-refractivity contribution in [3.05, 3.63) is 99.3 Å². The number of sulfone groups is 1. The van der Waals surface area contributed by atoms with E-state index in [1.54, 1.807) is 24.0 Å². The maximum atomic E-state index is 14.1. The topological polar surface area (TPSA) is 54.5 Å². The van der Waals surface area contributed by atoms with Crippen LogP contribution in [0.4, 0.5) is 15.8 Å². The highest BCUT2D eigenvalue weighted by molar-refractivity contribution is 7.96. The zero-order valence-electron chi connectivity index (χ0n) is 17.7. The molecule has 158 valence electrons. The average molecular weight is 436 g/mol. The van der Waals surface area contributed by atoms with Crippen molar-refractivity contribution in [2.75, 3.05) is 4.90 Å². The summed E-state index contributed by atoms with van der Waals surface area (Å²) in [5, 5.41) is 0. The lowest BCUT2D eigenvalue weighted by Gasteiger charge is -2.29. The highest BCUT2D eigenvalue weighted by Gasteiger charge is 2.37.